The van der Waals surface area contributed by atoms with Crippen LogP contribution in [0.3, 0.4) is 0 Å². The number of carbonyl (C=O) groups excluding carboxylic acids is 1. The molecule has 7 heteroatoms. The normalized spacial score (nSPS) is 22.6. The summed E-state index contributed by atoms with van der Waals surface area (Å²) in [5.41, 5.74) is 6.29. The van der Waals surface area contributed by atoms with E-state index in [4.69, 9.17) is 5.73 Å². The first-order valence-electron chi connectivity index (χ1n) is 5.74. The average molecular weight is 288 g/mol. The number of sulfone groups is 1. The highest BCUT2D eigenvalue weighted by Crippen LogP contribution is 2.23. The van der Waals surface area contributed by atoms with Gasteiger partial charge in [0.25, 0.3) is 5.91 Å². The lowest BCUT2D eigenvalue weighted by Gasteiger charge is -2.22. The molecule has 2 rings (SSSR count). The zero-order valence-corrected chi connectivity index (χ0v) is 11.7. The third-order valence-electron chi connectivity index (χ3n) is 2.98. The molecular formula is C11H16N2O3S2. The number of thiophene rings is 1. The SMILES string of the molecule is Cc1sc(C(=O)NC2CCCS(=O)(=O)C2)cc1N. The standard InChI is InChI=1S/C11H16N2O3S2/c1-7-9(12)5-10(17-7)11(14)13-8-3-2-4-18(15,16)6-8/h5,8H,2-4,6,12H2,1H3,(H,13,14). The average Bonchev–Trinajstić information content (AvgIpc) is 2.58. The van der Waals surface area contributed by atoms with Crippen molar-refractivity contribution >= 4 is 32.8 Å². The van der Waals surface area contributed by atoms with E-state index >= 15 is 0 Å². The lowest BCUT2D eigenvalue weighted by Crippen LogP contribution is -2.42. The minimum atomic E-state index is -3.00. The van der Waals surface area contributed by atoms with Crippen LogP contribution in [0.1, 0.15) is 27.4 Å². The van der Waals surface area contributed by atoms with Gasteiger partial charge in [-0.25, -0.2) is 8.42 Å². The third-order valence-corrected chi connectivity index (χ3v) is 5.86. The van der Waals surface area contributed by atoms with Gasteiger partial charge < -0.3 is 11.1 Å². The molecule has 0 aliphatic carbocycles. The van der Waals surface area contributed by atoms with Crippen molar-refractivity contribution in [3.8, 4) is 0 Å². The fourth-order valence-corrected chi connectivity index (χ4v) is 4.48. The Morgan fingerprint density at radius 3 is 2.83 bits per heavy atom. The van der Waals surface area contributed by atoms with E-state index < -0.39 is 9.84 Å². The Morgan fingerprint density at radius 1 is 1.56 bits per heavy atom. The van der Waals surface area contributed by atoms with Crippen LogP contribution < -0.4 is 11.1 Å². The summed E-state index contributed by atoms with van der Waals surface area (Å²) < 4.78 is 22.9. The van der Waals surface area contributed by atoms with Crippen LogP contribution in [0.4, 0.5) is 5.69 Å². The molecule has 3 N–H and O–H groups in total. The topological polar surface area (TPSA) is 89.3 Å². The van der Waals surface area contributed by atoms with E-state index in [1.807, 2.05) is 6.92 Å². The second-order valence-electron chi connectivity index (χ2n) is 4.55. The van der Waals surface area contributed by atoms with E-state index in [1.54, 1.807) is 6.07 Å². The van der Waals surface area contributed by atoms with Gasteiger partial charge in [0.2, 0.25) is 0 Å². The maximum absolute atomic E-state index is 11.9. The van der Waals surface area contributed by atoms with Crippen molar-refractivity contribution in [1.82, 2.24) is 5.32 Å². The predicted octanol–water partition coefficient (Wildman–Crippen LogP) is 0.946. The molecular weight excluding hydrogens is 272 g/mol. The van der Waals surface area contributed by atoms with Crippen molar-refractivity contribution < 1.29 is 13.2 Å². The molecule has 1 unspecified atom stereocenters. The van der Waals surface area contributed by atoms with Crippen LogP contribution >= 0.6 is 11.3 Å². The molecule has 1 amide bonds. The Labute approximate surface area is 110 Å². The number of nitrogens with two attached hydrogens (primary N) is 1. The minimum absolute atomic E-state index is 0.0403. The maximum Gasteiger partial charge on any atom is 0.261 e. The Balaban J connectivity index is 2.03. The summed E-state index contributed by atoms with van der Waals surface area (Å²) in [6.07, 6.45) is 1.32. The second kappa shape index (κ2) is 4.89. The summed E-state index contributed by atoms with van der Waals surface area (Å²) in [6.45, 7) is 1.85. The van der Waals surface area contributed by atoms with Crippen LogP contribution in [-0.4, -0.2) is 31.9 Å². The number of aryl methyl sites for hydroxylation is 1. The van der Waals surface area contributed by atoms with Gasteiger partial charge in [0, 0.05) is 16.6 Å². The molecule has 1 aromatic rings. The molecule has 1 aliphatic rings. The molecule has 0 bridgehead atoms. The highest BCUT2D eigenvalue weighted by Gasteiger charge is 2.26. The Morgan fingerprint density at radius 2 is 2.28 bits per heavy atom. The number of rotatable bonds is 2. The summed E-state index contributed by atoms with van der Waals surface area (Å²) in [5, 5.41) is 2.77. The van der Waals surface area contributed by atoms with E-state index in [-0.39, 0.29) is 23.5 Å². The number of amides is 1. The van der Waals surface area contributed by atoms with Crippen molar-refractivity contribution in [2.24, 2.45) is 0 Å². The summed E-state index contributed by atoms with van der Waals surface area (Å²) in [4.78, 5) is 13.4. The molecule has 0 saturated carbocycles. The van der Waals surface area contributed by atoms with E-state index in [0.717, 1.165) is 4.88 Å². The second-order valence-corrected chi connectivity index (χ2v) is 8.03. The molecule has 1 fully saturated rings. The van der Waals surface area contributed by atoms with Crippen LogP contribution in [-0.2, 0) is 9.84 Å². The van der Waals surface area contributed by atoms with Crippen molar-refractivity contribution in [2.75, 3.05) is 17.2 Å². The van der Waals surface area contributed by atoms with Gasteiger partial charge in [0.15, 0.2) is 9.84 Å². The van der Waals surface area contributed by atoms with Gasteiger partial charge in [-0.1, -0.05) is 0 Å². The number of hydrogen-bond acceptors (Lipinski definition) is 5. The van der Waals surface area contributed by atoms with Crippen molar-refractivity contribution in [3.63, 3.8) is 0 Å². The zero-order chi connectivity index (χ0) is 13.3. The molecule has 5 nitrogen and oxygen atoms in total. The van der Waals surface area contributed by atoms with Crippen LogP contribution in [0.2, 0.25) is 0 Å². The van der Waals surface area contributed by atoms with Gasteiger partial charge in [-0.3, -0.25) is 4.79 Å². The van der Waals surface area contributed by atoms with Crippen LogP contribution in [0, 0.1) is 6.92 Å². The van der Waals surface area contributed by atoms with Gasteiger partial charge in [0.1, 0.15) is 0 Å². The van der Waals surface area contributed by atoms with Crippen molar-refractivity contribution in [3.05, 3.63) is 15.8 Å². The smallest absolute Gasteiger partial charge is 0.261 e. The van der Waals surface area contributed by atoms with Crippen LogP contribution in [0.5, 0.6) is 0 Å². The number of nitrogen functional groups attached to an aromatic ring is 1. The van der Waals surface area contributed by atoms with Crippen molar-refractivity contribution in [1.29, 1.82) is 0 Å². The first-order valence-corrected chi connectivity index (χ1v) is 8.38. The van der Waals surface area contributed by atoms with E-state index in [2.05, 4.69) is 5.32 Å². The molecule has 100 valence electrons. The fraction of sp³-hybridized carbons (Fsp3) is 0.545. The summed E-state index contributed by atoms with van der Waals surface area (Å²) in [7, 11) is -3.00. The van der Waals surface area contributed by atoms with Gasteiger partial charge in [0.05, 0.1) is 16.4 Å². The number of carbonyl (C=O) groups is 1. The van der Waals surface area contributed by atoms with Gasteiger partial charge in [-0.2, -0.15) is 0 Å². The minimum Gasteiger partial charge on any atom is -0.398 e. The molecule has 18 heavy (non-hydrogen) atoms. The lowest BCUT2D eigenvalue weighted by atomic mass is 10.2. The lowest BCUT2D eigenvalue weighted by molar-refractivity contribution is 0.0942. The molecule has 1 saturated heterocycles. The molecule has 2 heterocycles. The predicted molar refractivity (Wildman–Crippen MR) is 72.6 cm³/mol. The summed E-state index contributed by atoms with van der Waals surface area (Å²) in [5.74, 6) is 0.0325. The maximum atomic E-state index is 11.9. The quantitative estimate of drug-likeness (QED) is 0.847. The molecule has 0 radical (unpaired) electrons. The highest BCUT2D eigenvalue weighted by molar-refractivity contribution is 7.91. The Hall–Kier alpha value is -1.08. The van der Waals surface area contributed by atoms with E-state index in [1.165, 1.54) is 11.3 Å². The highest BCUT2D eigenvalue weighted by atomic mass is 32.2. The van der Waals surface area contributed by atoms with Crippen LogP contribution in [0.25, 0.3) is 0 Å². The molecule has 0 spiro atoms. The van der Waals surface area contributed by atoms with E-state index in [9.17, 15) is 13.2 Å². The zero-order valence-electron chi connectivity index (χ0n) is 10.1. The first-order chi connectivity index (χ1) is 8.37. The number of anilines is 1. The fourth-order valence-electron chi connectivity index (χ4n) is 2.00. The third kappa shape index (κ3) is 3.02. The monoisotopic (exact) mass is 288 g/mol. The molecule has 1 aromatic heterocycles. The molecule has 1 aliphatic heterocycles. The van der Waals surface area contributed by atoms with Gasteiger partial charge in [-0.15, -0.1) is 11.3 Å². The molecule has 1 atom stereocenters. The molecule has 0 aromatic carbocycles. The summed E-state index contributed by atoms with van der Waals surface area (Å²) in [6, 6.07) is 1.35. The first kappa shape index (κ1) is 13.4. The number of hydrogen-bond donors (Lipinski definition) is 2. The van der Waals surface area contributed by atoms with Crippen molar-refractivity contribution in [2.45, 2.75) is 25.8 Å². The van der Waals surface area contributed by atoms with E-state index in [0.29, 0.717) is 23.4 Å². The van der Waals surface area contributed by atoms with Crippen LogP contribution in [0.15, 0.2) is 6.07 Å². The Bertz CT molecular complexity index is 543. The largest absolute Gasteiger partial charge is 0.398 e. The summed E-state index contributed by atoms with van der Waals surface area (Å²) >= 11 is 1.32. The van der Waals surface area contributed by atoms with Gasteiger partial charge in [-0.05, 0) is 25.8 Å². The van der Waals surface area contributed by atoms with Gasteiger partial charge >= 0.3 is 0 Å². The Kier molecular flexibility index (Phi) is 3.63. The number of nitrogens with one attached hydrogen (secondary N) is 1.